The van der Waals surface area contributed by atoms with Crippen molar-refractivity contribution in [3.8, 4) is 0 Å². The Morgan fingerprint density at radius 2 is 1.73 bits per heavy atom. The topological polar surface area (TPSA) is 0 Å². The van der Waals surface area contributed by atoms with Crippen molar-refractivity contribution in [3.05, 3.63) is 18.6 Å². The van der Waals surface area contributed by atoms with E-state index in [9.17, 15) is 0 Å². The molecule has 0 spiro atoms. The number of hydrogen-bond donors (Lipinski definition) is 0. The smallest absolute Gasteiger partial charge is 1.00 e. The SMILES string of the molecule is C[C-]=CCC[CH-]C.[Br-].[Br-].[Mg+2].[Mg+2]. The molecule has 58 valence electrons. The molecule has 0 aromatic heterocycles. The van der Waals surface area contributed by atoms with Crippen LogP contribution in [0, 0.1) is 12.5 Å². The molecular weight excluding hydrogens is 292 g/mol. The molecule has 0 rings (SSSR count). The third-order valence-corrected chi connectivity index (χ3v) is 0.804. The summed E-state index contributed by atoms with van der Waals surface area (Å²) in [5.74, 6) is 0. The number of hydrogen-bond acceptors (Lipinski definition) is 0. The average molecular weight is 305 g/mol. The van der Waals surface area contributed by atoms with Gasteiger partial charge in [-0.2, -0.15) is 20.3 Å². The minimum atomic E-state index is 0. The van der Waals surface area contributed by atoms with Crippen LogP contribution in [0.2, 0.25) is 0 Å². The fourth-order valence-corrected chi connectivity index (χ4v) is 0.394. The Hall–Kier alpha value is 2.23. The van der Waals surface area contributed by atoms with Crippen LogP contribution in [0.15, 0.2) is 6.08 Å². The first-order valence-corrected chi connectivity index (χ1v) is 2.68. The molecule has 0 radical (unpaired) electrons. The Morgan fingerprint density at radius 1 is 1.27 bits per heavy atom. The first-order valence-electron chi connectivity index (χ1n) is 2.68. The molecule has 0 aromatic carbocycles. The molecule has 0 unspecified atom stereocenters. The Kier molecular flexibility index (Phi) is 78.4. The second-order valence-corrected chi connectivity index (χ2v) is 1.48. The monoisotopic (exact) mass is 302 g/mol. The maximum atomic E-state index is 2.96. The van der Waals surface area contributed by atoms with Crippen LogP contribution in [-0.2, 0) is 0 Å². The minimum absolute atomic E-state index is 0. The van der Waals surface area contributed by atoms with Gasteiger partial charge in [0.25, 0.3) is 0 Å². The summed E-state index contributed by atoms with van der Waals surface area (Å²) in [5, 5.41) is 0. The minimum Gasteiger partial charge on any atom is -1.00 e. The van der Waals surface area contributed by atoms with Gasteiger partial charge in [-0.15, -0.1) is 0 Å². The molecule has 0 bridgehead atoms. The van der Waals surface area contributed by atoms with Crippen molar-refractivity contribution in [3.63, 3.8) is 0 Å². The third-order valence-electron chi connectivity index (χ3n) is 0.804. The summed E-state index contributed by atoms with van der Waals surface area (Å²) in [5.41, 5.74) is 0. The van der Waals surface area contributed by atoms with E-state index in [0.29, 0.717) is 0 Å². The van der Waals surface area contributed by atoms with Gasteiger partial charge in [0.15, 0.2) is 0 Å². The summed E-state index contributed by atoms with van der Waals surface area (Å²) < 4.78 is 0. The van der Waals surface area contributed by atoms with Crippen LogP contribution < -0.4 is 34.0 Å². The van der Waals surface area contributed by atoms with Crippen LogP contribution in [-0.4, -0.2) is 46.1 Å². The third kappa shape index (κ3) is 33.0. The van der Waals surface area contributed by atoms with Gasteiger partial charge in [-0.25, -0.2) is 0 Å². The molecule has 4 heteroatoms. The molecule has 0 heterocycles. The van der Waals surface area contributed by atoms with Crippen molar-refractivity contribution in [2.75, 3.05) is 0 Å². The van der Waals surface area contributed by atoms with Gasteiger partial charge >= 0.3 is 46.1 Å². The second-order valence-electron chi connectivity index (χ2n) is 1.48. The van der Waals surface area contributed by atoms with Gasteiger partial charge in [0.2, 0.25) is 0 Å². The maximum absolute atomic E-state index is 2.96. The van der Waals surface area contributed by atoms with E-state index in [1.807, 2.05) is 6.92 Å². The zero-order chi connectivity index (χ0) is 5.54. The van der Waals surface area contributed by atoms with E-state index in [-0.39, 0.29) is 80.1 Å². The molecule has 0 saturated carbocycles. The Morgan fingerprint density at radius 3 is 2.00 bits per heavy atom. The average Bonchev–Trinajstić information content (AvgIpc) is 1.69. The van der Waals surface area contributed by atoms with Crippen molar-refractivity contribution in [1.29, 1.82) is 0 Å². The molecule has 0 nitrogen and oxygen atoms in total. The number of rotatable bonds is 3. The van der Waals surface area contributed by atoms with E-state index in [4.69, 9.17) is 0 Å². The zero-order valence-electron chi connectivity index (χ0n) is 7.24. The Bertz CT molecular complexity index is 58.4. The van der Waals surface area contributed by atoms with E-state index in [1.54, 1.807) is 0 Å². The van der Waals surface area contributed by atoms with Crippen molar-refractivity contribution < 1.29 is 34.0 Å². The summed E-state index contributed by atoms with van der Waals surface area (Å²) in [6.07, 6.45) is 9.50. The number of allylic oxidation sites excluding steroid dienone is 2. The van der Waals surface area contributed by atoms with Gasteiger partial charge in [0, 0.05) is 0 Å². The van der Waals surface area contributed by atoms with Crippen molar-refractivity contribution in [1.82, 2.24) is 0 Å². The molecule has 0 saturated heterocycles. The summed E-state index contributed by atoms with van der Waals surface area (Å²) in [4.78, 5) is 0. The number of unbranched alkanes of at least 4 members (excludes halogenated alkanes) is 2. The van der Waals surface area contributed by atoms with E-state index in [2.05, 4.69) is 25.5 Å². The summed E-state index contributed by atoms with van der Waals surface area (Å²) in [6.45, 7) is 4.00. The first-order chi connectivity index (χ1) is 3.41. The van der Waals surface area contributed by atoms with Crippen LogP contribution in [0.25, 0.3) is 0 Å². The summed E-state index contributed by atoms with van der Waals surface area (Å²) >= 11 is 0. The predicted molar refractivity (Wildman–Crippen MR) is 44.2 cm³/mol. The van der Waals surface area contributed by atoms with Crippen molar-refractivity contribution in [2.24, 2.45) is 0 Å². The summed E-state index contributed by atoms with van der Waals surface area (Å²) in [7, 11) is 0. The maximum Gasteiger partial charge on any atom is 2.00 e. The van der Waals surface area contributed by atoms with E-state index < -0.39 is 0 Å². The van der Waals surface area contributed by atoms with Gasteiger partial charge in [0.05, 0.1) is 0 Å². The van der Waals surface area contributed by atoms with Crippen LogP contribution in [0.5, 0.6) is 0 Å². The molecule has 0 aliphatic heterocycles. The van der Waals surface area contributed by atoms with Gasteiger partial charge in [0.1, 0.15) is 0 Å². The van der Waals surface area contributed by atoms with E-state index in [0.717, 1.165) is 6.42 Å². The largest absolute Gasteiger partial charge is 2.00 e. The van der Waals surface area contributed by atoms with Crippen LogP contribution >= 0.6 is 0 Å². The molecule has 0 aliphatic carbocycles. The molecule has 0 aliphatic rings. The van der Waals surface area contributed by atoms with E-state index in [1.165, 1.54) is 6.42 Å². The molecule has 0 N–H and O–H groups in total. The van der Waals surface area contributed by atoms with Crippen LogP contribution in [0.3, 0.4) is 0 Å². The fraction of sp³-hybridized carbons (Fsp3) is 0.571. The standard InChI is InChI=1S/C7H12.2BrH.2Mg/c1-3-5-7-6-4-2;;;;/h3,6H,5,7H2,1-2H3;2*1H;;/q-2;;;2*+2/p-2. The normalized spacial score (nSPS) is 6.73. The van der Waals surface area contributed by atoms with Gasteiger partial charge < -0.3 is 46.5 Å². The number of halogens is 2. The van der Waals surface area contributed by atoms with Crippen molar-refractivity contribution >= 4 is 46.1 Å². The van der Waals surface area contributed by atoms with Crippen LogP contribution in [0.4, 0.5) is 0 Å². The van der Waals surface area contributed by atoms with Gasteiger partial charge in [-0.1, -0.05) is 6.42 Å². The van der Waals surface area contributed by atoms with Gasteiger partial charge in [-0.05, 0) is 0 Å². The van der Waals surface area contributed by atoms with Crippen molar-refractivity contribution in [2.45, 2.75) is 26.7 Å². The van der Waals surface area contributed by atoms with Crippen LogP contribution in [0.1, 0.15) is 26.7 Å². The molecule has 11 heavy (non-hydrogen) atoms. The first kappa shape index (κ1) is 29.2. The Labute approximate surface area is 124 Å². The van der Waals surface area contributed by atoms with E-state index >= 15 is 0 Å². The molecule has 0 amide bonds. The summed E-state index contributed by atoms with van der Waals surface area (Å²) in [6, 6.07) is 0. The fourth-order valence-electron chi connectivity index (χ4n) is 0.394. The molecule has 0 atom stereocenters. The molecular formula is C7H12Br2Mg2. The Balaban J connectivity index is -0.0000000300. The quantitative estimate of drug-likeness (QED) is 0.281. The molecule has 0 fully saturated rings. The second kappa shape index (κ2) is 29.5. The predicted octanol–water partition coefficient (Wildman–Crippen LogP) is -4.38. The molecule has 0 aromatic rings. The van der Waals surface area contributed by atoms with Gasteiger partial charge in [-0.3, -0.25) is 6.08 Å². The zero-order valence-corrected chi connectivity index (χ0v) is 13.2.